The summed E-state index contributed by atoms with van der Waals surface area (Å²) < 4.78 is 0. The Kier molecular flexibility index (Phi) is 4.97. The van der Waals surface area contributed by atoms with Crippen LogP contribution in [0.2, 0.25) is 0 Å². The van der Waals surface area contributed by atoms with E-state index in [-0.39, 0.29) is 11.7 Å². The Morgan fingerprint density at radius 2 is 2.08 bits per heavy atom. The topological polar surface area (TPSA) is 62.1 Å². The van der Waals surface area contributed by atoms with Crippen LogP contribution in [0.5, 0.6) is 5.75 Å². The molecule has 1 aromatic rings. The highest BCUT2D eigenvalue weighted by Crippen LogP contribution is 2.30. The zero-order valence-electron chi connectivity index (χ0n) is 14.3. The molecule has 1 amide bonds. The van der Waals surface area contributed by atoms with E-state index in [1.807, 2.05) is 38.1 Å². The molecule has 1 fully saturated rings. The normalized spacial score (nSPS) is 21.5. The molecule has 1 aliphatic carbocycles. The Hall–Kier alpha value is -2.11. The molecule has 6 heteroatoms. The van der Waals surface area contributed by atoms with Crippen LogP contribution in [-0.2, 0) is 16.2 Å². The molecular formula is C19H21ClN2O3. The van der Waals surface area contributed by atoms with E-state index in [0.29, 0.717) is 31.1 Å². The molecule has 1 N–H and O–H groups in total. The van der Waals surface area contributed by atoms with Crippen LogP contribution < -0.4 is 0 Å². The molecule has 0 unspecified atom stereocenters. The van der Waals surface area contributed by atoms with Gasteiger partial charge in [0, 0.05) is 22.7 Å². The number of hydroxylamine groups is 2. The number of halogens is 1. The fourth-order valence-electron chi connectivity index (χ4n) is 2.67. The maximum Gasteiger partial charge on any atom is 0.254 e. The minimum Gasteiger partial charge on any atom is -0.508 e. The van der Waals surface area contributed by atoms with Gasteiger partial charge in [0.15, 0.2) is 0 Å². The van der Waals surface area contributed by atoms with Crippen molar-refractivity contribution >= 4 is 23.2 Å². The Morgan fingerprint density at radius 1 is 1.32 bits per heavy atom. The molecule has 0 bridgehead atoms. The number of aliphatic imine (C=N–C) groups is 1. The highest BCUT2D eigenvalue weighted by molar-refractivity contribution is 6.32. The van der Waals surface area contributed by atoms with Crippen LogP contribution in [0.15, 0.2) is 52.0 Å². The lowest BCUT2D eigenvalue weighted by atomic mass is 9.94. The zero-order chi connectivity index (χ0) is 18.0. The molecule has 1 aliphatic heterocycles. The molecule has 0 atom stereocenters. The van der Waals surface area contributed by atoms with Crippen molar-refractivity contribution in [2.75, 3.05) is 13.2 Å². The van der Waals surface area contributed by atoms with E-state index in [9.17, 15) is 9.90 Å². The fourth-order valence-corrected chi connectivity index (χ4v) is 2.93. The molecule has 5 nitrogen and oxygen atoms in total. The molecule has 0 spiro atoms. The standard InChI is InChI=1S/C19H21ClN2O3/c1-19(2)12-25-22(18(19)24)11-14-7-8-15(9-16(14)20)21-10-13-5-3-4-6-17(13)23/h3-8,23H,9-12H2,1-2H3. The summed E-state index contributed by atoms with van der Waals surface area (Å²) in [5.41, 5.74) is 1.98. The van der Waals surface area contributed by atoms with Crippen LogP contribution in [-0.4, -0.2) is 34.9 Å². The largest absolute Gasteiger partial charge is 0.508 e. The molecular weight excluding hydrogens is 340 g/mol. The van der Waals surface area contributed by atoms with Gasteiger partial charge < -0.3 is 5.11 Å². The van der Waals surface area contributed by atoms with Gasteiger partial charge in [-0.05, 0) is 31.6 Å². The molecule has 3 rings (SSSR count). The maximum absolute atomic E-state index is 12.2. The third-order valence-corrected chi connectivity index (χ3v) is 4.68. The summed E-state index contributed by atoms with van der Waals surface area (Å²) in [6, 6.07) is 7.13. The van der Waals surface area contributed by atoms with Crippen LogP contribution in [0.4, 0.5) is 0 Å². The maximum atomic E-state index is 12.2. The first-order valence-corrected chi connectivity index (χ1v) is 8.55. The second-order valence-electron chi connectivity index (χ2n) is 6.88. The Morgan fingerprint density at radius 3 is 2.72 bits per heavy atom. The average Bonchev–Trinajstić information content (AvgIpc) is 2.83. The number of allylic oxidation sites excluding steroid dienone is 2. The van der Waals surface area contributed by atoms with Crippen molar-refractivity contribution in [1.29, 1.82) is 0 Å². The summed E-state index contributed by atoms with van der Waals surface area (Å²) in [4.78, 5) is 22.2. The van der Waals surface area contributed by atoms with Gasteiger partial charge in [0.2, 0.25) is 0 Å². The number of para-hydroxylation sites is 1. The number of aromatic hydroxyl groups is 1. The van der Waals surface area contributed by atoms with Crippen molar-refractivity contribution in [3.63, 3.8) is 0 Å². The summed E-state index contributed by atoms with van der Waals surface area (Å²) in [5.74, 6) is 0.207. The first-order valence-electron chi connectivity index (χ1n) is 8.17. The van der Waals surface area contributed by atoms with E-state index in [0.717, 1.165) is 16.8 Å². The van der Waals surface area contributed by atoms with Crippen LogP contribution in [0.25, 0.3) is 0 Å². The Balaban J connectivity index is 1.64. The van der Waals surface area contributed by atoms with E-state index in [4.69, 9.17) is 16.4 Å². The quantitative estimate of drug-likeness (QED) is 0.892. The smallest absolute Gasteiger partial charge is 0.254 e. The van der Waals surface area contributed by atoms with Crippen molar-refractivity contribution in [2.45, 2.75) is 26.8 Å². The monoisotopic (exact) mass is 360 g/mol. The number of benzene rings is 1. The number of hydrogen-bond donors (Lipinski definition) is 1. The van der Waals surface area contributed by atoms with Gasteiger partial charge >= 0.3 is 0 Å². The molecule has 1 saturated heterocycles. The van der Waals surface area contributed by atoms with Gasteiger partial charge in [0.05, 0.1) is 25.1 Å². The highest BCUT2D eigenvalue weighted by Gasteiger charge is 2.40. The molecule has 25 heavy (non-hydrogen) atoms. The van der Waals surface area contributed by atoms with E-state index in [1.165, 1.54) is 5.06 Å². The summed E-state index contributed by atoms with van der Waals surface area (Å²) >= 11 is 6.39. The molecule has 2 aliphatic rings. The van der Waals surface area contributed by atoms with Gasteiger partial charge in [0.25, 0.3) is 5.91 Å². The van der Waals surface area contributed by atoms with Gasteiger partial charge in [-0.25, -0.2) is 5.06 Å². The number of carbonyl (C=O) groups is 1. The number of carbonyl (C=O) groups excluding carboxylic acids is 1. The number of phenolic OH excluding ortho intramolecular Hbond substituents is 1. The number of nitrogens with zero attached hydrogens (tertiary/aromatic N) is 2. The lowest BCUT2D eigenvalue weighted by Gasteiger charge is -2.19. The number of phenols is 1. The predicted molar refractivity (Wildman–Crippen MR) is 97.3 cm³/mol. The Labute approximate surface area is 152 Å². The van der Waals surface area contributed by atoms with Crippen molar-refractivity contribution in [3.8, 4) is 5.75 Å². The highest BCUT2D eigenvalue weighted by atomic mass is 35.5. The first kappa shape index (κ1) is 17.7. The summed E-state index contributed by atoms with van der Waals surface area (Å²) in [6.07, 6.45) is 4.27. The molecule has 132 valence electrons. The van der Waals surface area contributed by atoms with Crippen molar-refractivity contribution < 1.29 is 14.7 Å². The van der Waals surface area contributed by atoms with Crippen LogP contribution in [0.1, 0.15) is 25.8 Å². The zero-order valence-corrected chi connectivity index (χ0v) is 15.1. The van der Waals surface area contributed by atoms with Gasteiger partial charge in [0.1, 0.15) is 5.75 Å². The second-order valence-corrected chi connectivity index (χ2v) is 7.33. The summed E-state index contributed by atoms with van der Waals surface area (Å²) in [6.45, 7) is 4.85. The second kappa shape index (κ2) is 7.02. The van der Waals surface area contributed by atoms with Gasteiger partial charge in [-0.1, -0.05) is 35.9 Å². The molecule has 1 heterocycles. The van der Waals surface area contributed by atoms with E-state index in [1.54, 1.807) is 12.1 Å². The fraction of sp³-hybridized carbons (Fsp3) is 0.368. The van der Waals surface area contributed by atoms with E-state index < -0.39 is 5.41 Å². The molecule has 0 aromatic heterocycles. The third kappa shape index (κ3) is 3.94. The lowest BCUT2D eigenvalue weighted by molar-refractivity contribution is -0.159. The lowest BCUT2D eigenvalue weighted by Crippen LogP contribution is -2.32. The van der Waals surface area contributed by atoms with E-state index >= 15 is 0 Å². The van der Waals surface area contributed by atoms with Gasteiger partial charge in [-0.15, -0.1) is 0 Å². The molecule has 0 radical (unpaired) electrons. The minimum absolute atomic E-state index is 0.0307. The third-order valence-electron chi connectivity index (χ3n) is 4.31. The number of hydrogen-bond acceptors (Lipinski definition) is 4. The van der Waals surface area contributed by atoms with Crippen molar-refractivity contribution in [1.82, 2.24) is 5.06 Å². The van der Waals surface area contributed by atoms with Gasteiger partial charge in [-0.2, -0.15) is 0 Å². The van der Waals surface area contributed by atoms with Crippen molar-refractivity contribution in [3.05, 3.63) is 52.6 Å². The van der Waals surface area contributed by atoms with Crippen LogP contribution in [0, 0.1) is 5.41 Å². The Bertz CT molecular complexity index is 781. The number of amides is 1. The first-order chi connectivity index (χ1) is 11.9. The predicted octanol–water partition coefficient (Wildman–Crippen LogP) is 3.59. The van der Waals surface area contributed by atoms with Crippen LogP contribution in [0.3, 0.4) is 0 Å². The number of rotatable bonds is 4. The average molecular weight is 361 g/mol. The summed E-state index contributed by atoms with van der Waals surface area (Å²) in [5, 5.41) is 11.8. The molecule has 0 saturated carbocycles. The minimum atomic E-state index is -0.490. The van der Waals surface area contributed by atoms with Crippen molar-refractivity contribution in [2.24, 2.45) is 10.4 Å². The van der Waals surface area contributed by atoms with Gasteiger partial charge in [-0.3, -0.25) is 14.6 Å². The summed E-state index contributed by atoms with van der Waals surface area (Å²) in [7, 11) is 0. The SMILES string of the molecule is CC1(C)CON(CC2=C(Cl)CC(=NCc3ccccc3O)C=C2)C1=O. The molecule has 1 aromatic carbocycles. The van der Waals surface area contributed by atoms with E-state index in [2.05, 4.69) is 4.99 Å². The van der Waals surface area contributed by atoms with Crippen LogP contribution >= 0.6 is 11.6 Å².